The molecule has 1 fully saturated rings. The summed E-state index contributed by atoms with van der Waals surface area (Å²) in [6.07, 6.45) is 3.61. The van der Waals surface area contributed by atoms with E-state index in [9.17, 15) is 9.59 Å². The first kappa shape index (κ1) is 15.5. The Morgan fingerprint density at radius 1 is 1.14 bits per heavy atom. The van der Waals surface area contributed by atoms with Crippen molar-refractivity contribution in [3.8, 4) is 0 Å². The molecule has 1 heterocycles. The molecule has 114 valence electrons. The summed E-state index contributed by atoms with van der Waals surface area (Å²) in [5.74, 6) is -0.134. The molecule has 5 nitrogen and oxygen atoms in total. The van der Waals surface area contributed by atoms with Crippen molar-refractivity contribution in [3.05, 3.63) is 35.4 Å². The lowest BCUT2D eigenvalue weighted by Crippen LogP contribution is -2.31. The zero-order valence-corrected chi connectivity index (χ0v) is 12.1. The molecule has 0 spiro atoms. The zero-order valence-electron chi connectivity index (χ0n) is 12.1. The van der Waals surface area contributed by atoms with E-state index in [1.807, 2.05) is 24.3 Å². The molecule has 2 amide bonds. The molecular weight excluding hydrogens is 270 g/mol. The maximum absolute atomic E-state index is 11.8. The summed E-state index contributed by atoms with van der Waals surface area (Å²) in [7, 11) is 0. The van der Waals surface area contributed by atoms with E-state index in [1.54, 1.807) is 0 Å². The van der Waals surface area contributed by atoms with Crippen molar-refractivity contribution < 1.29 is 19.4 Å². The fraction of sp³-hybridized carbons (Fsp3) is 0.500. The third-order valence-corrected chi connectivity index (χ3v) is 3.62. The Labute approximate surface area is 124 Å². The highest BCUT2D eigenvalue weighted by Crippen LogP contribution is 2.12. The van der Waals surface area contributed by atoms with E-state index in [1.165, 1.54) is 10.5 Å². The Hall–Kier alpha value is -1.88. The molecule has 0 aromatic heterocycles. The number of nitrogens with zero attached hydrogens (tertiary/aromatic N) is 1. The predicted octanol–water partition coefficient (Wildman–Crippen LogP) is 2.26. The number of amides is 2. The summed E-state index contributed by atoms with van der Waals surface area (Å²) in [4.78, 5) is 24.2. The number of ether oxygens (including phenoxy) is 1. The van der Waals surface area contributed by atoms with Crippen LogP contribution < -0.4 is 0 Å². The van der Waals surface area contributed by atoms with E-state index < -0.39 is 6.09 Å². The normalized spacial score (nSPS) is 14.3. The fourth-order valence-electron chi connectivity index (χ4n) is 2.35. The molecule has 5 heteroatoms. The largest absolute Gasteiger partial charge is 0.447 e. The van der Waals surface area contributed by atoms with Crippen molar-refractivity contribution in [2.24, 2.45) is 0 Å². The van der Waals surface area contributed by atoms with Crippen molar-refractivity contribution in [2.75, 3.05) is 13.2 Å². The van der Waals surface area contributed by atoms with Gasteiger partial charge in [0.05, 0.1) is 13.2 Å². The average molecular weight is 291 g/mol. The number of carbonyl (C=O) groups is 2. The fourth-order valence-corrected chi connectivity index (χ4v) is 2.35. The second-order valence-electron chi connectivity index (χ2n) is 5.20. The van der Waals surface area contributed by atoms with Gasteiger partial charge in [0, 0.05) is 6.42 Å². The van der Waals surface area contributed by atoms with Crippen molar-refractivity contribution in [2.45, 2.75) is 38.7 Å². The number of unbranched alkanes of at least 4 members (excludes halogenated alkanes) is 2. The Balaban J connectivity index is 1.61. The van der Waals surface area contributed by atoms with Crippen LogP contribution in [0.5, 0.6) is 0 Å². The quantitative estimate of drug-likeness (QED) is 0.783. The minimum atomic E-state index is -0.510. The number of hydrogen-bond acceptors (Lipinski definition) is 4. The highest BCUT2D eigenvalue weighted by molar-refractivity contribution is 5.92. The van der Waals surface area contributed by atoms with E-state index in [0.29, 0.717) is 19.6 Å². The number of rotatable bonds is 7. The Bertz CT molecular complexity index is 484. The van der Waals surface area contributed by atoms with Crippen LogP contribution in [-0.4, -0.2) is 35.2 Å². The van der Waals surface area contributed by atoms with Crippen molar-refractivity contribution in [3.63, 3.8) is 0 Å². The molecule has 0 radical (unpaired) electrons. The van der Waals surface area contributed by atoms with Gasteiger partial charge < -0.3 is 9.84 Å². The third-order valence-electron chi connectivity index (χ3n) is 3.62. The molecule has 1 aliphatic rings. The summed E-state index contributed by atoms with van der Waals surface area (Å²) in [6, 6.07) is 7.91. The summed E-state index contributed by atoms with van der Waals surface area (Å²) < 4.78 is 4.74. The van der Waals surface area contributed by atoms with E-state index in [-0.39, 0.29) is 12.5 Å². The lowest BCUT2D eigenvalue weighted by molar-refractivity contribution is -0.127. The molecule has 0 unspecified atom stereocenters. The number of aryl methyl sites for hydroxylation is 1. The van der Waals surface area contributed by atoms with Gasteiger partial charge in [-0.15, -0.1) is 0 Å². The Kier molecular flexibility index (Phi) is 5.75. The smallest absolute Gasteiger partial charge is 0.416 e. The van der Waals surface area contributed by atoms with E-state index in [0.717, 1.165) is 31.2 Å². The number of carbonyl (C=O) groups excluding carboxylic acids is 2. The lowest BCUT2D eigenvalue weighted by atomic mass is 10.0. The summed E-state index contributed by atoms with van der Waals surface area (Å²) >= 11 is 0. The van der Waals surface area contributed by atoms with E-state index >= 15 is 0 Å². The molecule has 1 N–H and O–H groups in total. The first-order valence-electron chi connectivity index (χ1n) is 7.36. The zero-order chi connectivity index (χ0) is 15.1. The van der Waals surface area contributed by atoms with Crippen LogP contribution in [0.25, 0.3) is 0 Å². The first-order valence-corrected chi connectivity index (χ1v) is 7.36. The molecule has 0 atom stereocenters. The van der Waals surface area contributed by atoms with Gasteiger partial charge >= 0.3 is 6.09 Å². The second-order valence-corrected chi connectivity index (χ2v) is 5.20. The molecule has 1 aromatic rings. The molecule has 1 aromatic carbocycles. The van der Waals surface area contributed by atoms with Crippen LogP contribution in [0.1, 0.15) is 36.8 Å². The van der Waals surface area contributed by atoms with Crippen LogP contribution in [-0.2, 0) is 22.6 Å². The number of hydrogen-bond donors (Lipinski definition) is 1. The first-order chi connectivity index (χ1) is 10.2. The van der Waals surface area contributed by atoms with Crippen LogP contribution in [0.4, 0.5) is 4.79 Å². The number of aliphatic hydroxyl groups excluding tert-OH is 1. The van der Waals surface area contributed by atoms with Crippen molar-refractivity contribution >= 4 is 12.0 Å². The number of cyclic esters (lactones) is 1. The molecule has 1 aliphatic heterocycles. The number of benzene rings is 1. The Morgan fingerprint density at radius 3 is 2.48 bits per heavy atom. The standard InChI is InChI=1S/C16H21NO4/c18-12-14-8-6-13(7-9-14)4-2-1-3-5-15(19)17-10-11-21-16(17)20/h6-9,18H,1-5,10-12H2. The minimum Gasteiger partial charge on any atom is -0.447 e. The molecule has 1 saturated heterocycles. The average Bonchev–Trinajstić information content (AvgIpc) is 2.93. The predicted molar refractivity (Wildman–Crippen MR) is 77.6 cm³/mol. The second kappa shape index (κ2) is 7.78. The SMILES string of the molecule is O=C(CCCCCc1ccc(CO)cc1)N1CCOC1=O. The van der Waals surface area contributed by atoms with Crippen molar-refractivity contribution in [1.82, 2.24) is 4.90 Å². The van der Waals surface area contributed by atoms with Gasteiger partial charge in [0.25, 0.3) is 0 Å². The maximum atomic E-state index is 11.8. The van der Waals surface area contributed by atoms with Gasteiger partial charge in [-0.25, -0.2) is 9.69 Å². The Morgan fingerprint density at radius 2 is 1.86 bits per heavy atom. The van der Waals surface area contributed by atoms with E-state index in [4.69, 9.17) is 9.84 Å². The molecule has 0 saturated carbocycles. The summed E-state index contributed by atoms with van der Waals surface area (Å²) in [5.41, 5.74) is 2.16. The lowest BCUT2D eigenvalue weighted by Gasteiger charge is -2.10. The van der Waals surface area contributed by atoms with Crippen LogP contribution in [0.2, 0.25) is 0 Å². The highest BCUT2D eigenvalue weighted by atomic mass is 16.6. The summed E-state index contributed by atoms with van der Waals surface area (Å²) in [6.45, 7) is 0.768. The van der Waals surface area contributed by atoms with Gasteiger partial charge in [0.15, 0.2) is 0 Å². The molecular formula is C16H21NO4. The van der Waals surface area contributed by atoms with Crippen LogP contribution in [0.3, 0.4) is 0 Å². The van der Waals surface area contributed by atoms with Crippen LogP contribution in [0, 0.1) is 0 Å². The topological polar surface area (TPSA) is 66.8 Å². The maximum Gasteiger partial charge on any atom is 0.416 e. The van der Waals surface area contributed by atoms with Crippen LogP contribution in [0.15, 0.2) is 24.3 Å². The van der Waals surface area contributed by atoms with Gasteiger partial charge in [-0.3, -0.25) is 4.79 Å². The van der Waals surface area contributed by atoms with E-state index in [2.05, 4.69) is 0 Å². The molecule has 0 bridgehead atoms. The monoisotopic (exact) mass is 291 g/mol. The van der Waals surface area contributed by atoms with Gasteiger partial charge in [0.2, 0.25) is 5.91 Å². The summed E-state index contributed by atoms with van der Waals surface area (Å²) in [5, 5.41) is 8.97. The third kappa shape index (κ3) is 4.56. The van der Waals surface area contributed by atoms with Gasteiger partial charge in [-0.2, -0.15) is 0 Å². The molecule has 21 heavy (non-hydrogen) atoms. The molecule has 0 aliphatic carbocycles. The van der Waals surface area contributed by atoms with Crippen LogP contribution >= 0.6 is 0 Å². The highest BCUT2D eigenvalue weighted by Gasteiger charge is 2.27. The van der Waals surface area contributed by atoms with Gasteiger partial charge in [-0.05, 0) is 30.4 Å². The minimum absolute atomic E-state index is 0.0708. The van der Waals surface area contributed by atoms with Gasteiger partial charge in [-0.1, -0.05) is 30.7 Å². The molecule has 2 rings (SSSR count). The number of imide groups is 1. The van der Waals surface area contributed by atoms with Gasteiger partial charge in [0.1, 0.15) is 6.61 Å². The number of aliphatic hydroxyl groups is 1. The van der Waals surface area contributed by atoms with Crippen molar-refractivity contribution in [1.29, 1.82) is 0 Å².